The van der Waals surface area contributed by atoms with Crippen LogP contribution in [-0.4, -0.2) is 47.3 Å². The van der Waals surface area contributed by atoms with Gasteiger partial charge in [0.25, 0.3) is 0 Å². The molecule has 7 nitrogen and oxygen atoms in total. The summed E-state index contributed by atoms with van der Waals surface area (Å²) < 4.78 is 25.8. The van der Waals surface area contributed by atoms with Crippen molar-refractivity contribution in [2.45, 2.75) is 5.92 Å². The molecule has 0 saturated heterocycles. The number of Topliss-reactive ketones (excluding diaryl/α,β-unsaturated/α-hetero) is 1. The van der Waals surface area contributed by atoms with E-state index in [1.165, 1.54) is 35.5 Å². The first-order valence-corrected chi connectivity index (χ1v) is 8.06. The van der Waals surface area contributed by atoms with Gasteiger partial charge in [-0.2, -0.15) is 0 Å². The van der Waals surface area contributed by atoms with Crippen molar-refractivity contribution in [2.24, 2.45) is 0 Å². The molecular formula is C20H22O7. The van der Waals surface area contributed by atoms with Crippen molar-refractivity contribution >= 4 is 11.8 Å². The van der Waals surface area contributed by atoms with Crippen LogP contribution in [0.25, 0.3) is 0 Å². The Hall–Kier alpha value is -3.22. The van der Waals surface area contributed by atoms with E-state index < -0.39 is 17.7 Å². The maximum absolute atomic E-state index is 13.2. The third kappa shape index (κ3) is 4.13. The molecule has 1 atom stereocenters. The largest absolute Gasteiger partial charge is 0.497 e. The molecule has 144 valence electrons. The zero-order chi connectivity index (χ0) is 20.0. The first-order valence-electron chi connectivity index (χ1n) is 8.06. The van der Waals surface area contributed by atoms with Crippen LogP contribution in [0.2, 0.25) is 0 Å². The van der Waals surface area contributed by atoms with Crippen LogP contribution < -0.4 is 18.9 Å². The molecule has 0 amide bonds. The van der Waals surface area contributed by atoms with Crippen LogP contribution in [0.4, 0.5) is 0 Å². The number of ketones is 1. The lowest BCUT2D eigenvalue weighted by Crippen LogP contribution is -2.24. The lowest BCUT2D eigenvalue weighted by molar-refractivity contribution is -0.141. The normalized spacial score (nSPS) is 11.3. The molecule has 0 radical (unpaired) electrons. The average Bonchev–Trinajstić information content (AvgIpc) is 2.72. The number of rotatable bonds is 8. The fourth-order valence-corrected chi connectivity index (χ4v) is 2.71. The number of hydrogen-bond acceptors (Lipinski definition) is 7. The number of carbonyl (C=O) groups excluding carboxylic acids is 2. The highest BCUT2D eigenvalue weighted by molar-refractivity contribution is 6.14. The summed E-state index contributed by atoms with van der Waals surface area (Å²) in [6, 6.07) is 9.59. The Morgan fingerprint density at radius 3 is 1.81 bits per heavy atom. The summed E-state index contributed by atoms with van der Waals surface area (Å²) in [5, 5.41) is 0. The molecule has 0 bridgehead atoms. The molecule has 0 spiro atoms. The number of hydrogen-bond donors (Lipinski definition) is 0. The van der Waals surface area contributed by atoms with Crippen molar-refractivity contribution in [1.29, 1.82) is 0 Å². The van der Waals surface area contributed by atoms with Crippen molar-refractivity contribution in [1.82, 2.24) is 0 Å². The number of methoxy groups -OCH3 is 5. The predicted molar refractivity (Wildman–Crippen MR) is 98.2 cm³/mol. The van der Waals surface area contributed by atoms with E-state index in [9.17, 15) is 9.59 Å². The van der Waals surface area contributed by atoms with Crippen LogP contribution >= 0.6 is 0 Å². The summed E-state index contributed by atoms with van der Waals surface area (Å²) in [7, 11) is 7.14. The van der Waals surface area contributed by atoms with Gasteiger partial charge >= 0.3 is 5.97 Å². The molecule has 0 aromatic heterocycles. The van der Waals surface area contributed by atoms with Gasteiger partial charge in [0.1, 0.15) is 28.9 Å². The van der Waals surface area contributed by atoms with Crippen molar-refractivity contribution in [3.05, 3.63) is 47.5 Å². The van der Waals surface area contributed by atoms with E-state index in [4.69, 9.17) is 23.7 Å². The van der Waals surface area contributed by atoms with Crippen LogP contribution in [0.15, 0.2) is 36.4 Å². The summed E-state index contributed by atoms with van der Waals surface area (Å²) in [6.45, 7) is 0. The summed E-state index contributed by atoms with van der Waals surface area (Å²) in [5.74, 6) is -0.718. The Bertz CT molecular complexity index is 829. The molecule has 0 aliphatic heterocycles. The van der Waals surface area contributed by atoms with Gasteiger partial charge in [-0.3, -0.25) is 9.59 Å². The molecule has 0 heterocycles. The minimum Gasteiger partial charge on any atom is -0.497 e. The molecule has 0 fully saturated rings. The van der Waals surface area contributed by atoms with Gasteiger partial charge in [-0.1, -0.05) is 6.07 Å². The van der Waals surface area contributed by atoms with E-state index in [0.717, 1.165) is 0 Å². The molecule has 7 heteroatoms. The number of carbonyl (C=O) groups is 2. The van der Waals surface area contributed by atoms with Gasteiger partial charge in [-0.05, 0) is 18.2 Å². The maximum Gasteiger partial charge on any atom is 0.321 e. The number of ether oxygens (including phenoxy) is 5. The zero-order valence-electron chi connectivity index (χ0n) is 15.9. The van der Waals surface area contributed by atoms with Gasteiger partial charge in [0.05, 0.1) is 41.1 Å². The molecule has 0 saturated carbocycles. The lowest BCUT2D eigenvalue weighted by Gasteiger charge is -2.19. The minimum absolute atomic E-state index is 0.228. The Kier molecular flexibility index (Phi) is 6.65. The first kappa shape index (κ1) is 20.1. The third-order valence-electron chi connectivity index (χ3n) is 4.12. The van der Waals surface area contributed by atoms with E-state index in [0.29, 0.717) is 28.6 Å². The Labute approximate surface area is 157 Å². The molecule has 2 rings (SSSR count). The summed E-state index contributed by atoms with van der Waals surface area (Å²) in [6.07, 6.45) is 0. The molecule has 0 N–H and O–H groups in total. The number of benzene rings is 2. The van der Waals surface area contributed by atoms with Crippen molar-refractivity contribution in [2.75, 3.05) is 35.5 Å². The van der Waals surface area contributed by atoms with Crippen LogP contribution in [-0.2, 0) is 9.53 Å². The Morgan fingerprint density at radius 2 is 1.30 bits per heavy atom. The highest BCUT2D eigenvalue weighted by Crippen LogP contribution is 2.36. The Morgan fingerprint density at radius 1 is 0.741 bits per heavy atom. The third-order valence-corrected chi connectivity index (χ3v) is 4.12. The van der Waals surface area contributed by atoms with Gasteiger partial charge in [0.2, 0.25) is 0 Å². The van der Waals surface area contributed by atoms with Crippen molar-refractivity contribution in [3.63, 3.8) is 0 Å². The SMILES string of the molecule is COc1ccc([13C](=O)[13CH](c2ccc(OC)cc2OC)[13C](=O)OC)c(OC)c1. The van der Waals surface area contributed by atoms with Gasteiger partial charge in [-0.25, -0.2) is 0 Å². The van der Waals surface area contributed by atoms with Gasteiger partial charge in [0.15, 0.2) is 5.78 Å². The van der Waals surface area contributed by atoms with Crippen LogP contribution in [0, 0.1) is 0 Å². The zero-order valence-corrected chi connectivity index (χ0v) is 15.9. The monoisotopic (exact) mass is 377 g/mol. The van der Waals surface area contributed by atoms with E-state index in [1.54, 1.807) is 36.4 Å². The fourth-order valence-electron chi connectivity index (χ4n) is 2.71. The van der Waals surface area contributed by atoms with E-state index >= 15 is 0 Å². The molecule has 0 aliphatic rings. The van der Waals surface area contributed by atoms with E-state index in [1.807, 2.05) is 0 Å². The van der Waals surface area contributed by atoms with Crippen molar-refractivity contribution < 1.29 is 33.3 Å². The first-order chi connectivity index (χ1) is 13.0. The second-order valence-electron chi connectivity index (χ2n) is 5.49. The summed E-state index contributed by atoms with van der Waals surface area (Å²) in [5.41, 5.74) is 0.597. The van der Waals surface area contributed by atoms with Crippen LogP contribution in [0.1, 0.15) is 21.8 Å². The van der Waals surface area contributed by atoms with Gasteiger partial charge in [0, 0.05) is 17.7 Å². The van der Waals surface area contributed by atoms with E-state index in [-0.39, 0.29) is 5.56 Å². The van der Waals surface area contributed by atoms with Gasteiger partial charge in [-0.15, -0.1) is 0 Å². The fraction of sp³-hybridized carbons (Fsp3) is 0.300. The van der Waals surface area contributed by atoms with Crippen LogP contribution in [0.3, 0.4) is 0 Å². The molecular weight excluding hydrogens is 355 g/mol. The molecule has 1 unspecified atom stereocenters. The summed E-state index contributed by atoms with van der Waals surface area (Å²) >= 11 is 0. The lowest BCUT2D eigenvalue weighted by atomic mass is 10.2. The molecule has 0 aliphatic carbocycles. The average molecular weight is 377 g/mol. The molecule has 2 aromatic carbocycles. The quantitative estimate of drug-likeness (QED) is 0.303. The maximum atomic E-state index is 13.2. The smallest absolute Gasteiger partial charge is 0.321 e. The number of esters is 1. The van der Waals surface area contributed by atoms with Crippen molar-refractivity contribution in [3.8, 4) is 23.0 Å². The second kappa shape index (κ2) is 8.93. The standard InChI is InChI=1S/C20H22O7/c1-23-12-6-8-14(16(10-12)25-3)18(20(22)27-5)19(21)15-9-7-13(24-2)11-17(15)26-4/h6-11,18H,1-5H3/i18+1,19+1,20+1. The molecule has 2 aromatic rings. The highest BCUT2D eigenvalue weighted by atomic mass is 16.6. The Balaban J connectivity index is 2.58. The van der Waals surface area contributed by atoms with E-state index in [2.05, 4.69) is 0 Å². The highest BCUT2D eigenvalue weighted by Gasteiger charge is 2.34. The summed E-state index contributed by atoms with van der Waals surface area (Å²) in [4.78, 5) is 25.7. The van der Waals surface area contributed by atoms with Gasteiger partial charge < -0.3 is 23.7 Å². The minimum atomic E-state index is -1.22. The predicted octanol–water partition coefficient (Wildman–Crippen LogP) is 2.86. The van der Waals surface area contributed by atoms with Crippen LogP contribution in [0.5, 0.6) is 23.0 Å². The topological polar surface area (TPSA) is 80.3 Å². The second-order valence-corrected chi connectivity index (χ2v) is 5.49. The molecule has 27 heavy (non-hydrogen) atoms.